The summed E-state index contributed by atoms with van der Waals surface area (Å²) in [6.07, 6.45) is 5.67. The van der Waals surface area contributed by atoms with E-state index in [-0.39, 0.29) is 18.2 Å². The fourth-order valence-electron chi connectivity index (χ4n) is 4.81. The van der Waals surface area contributed by atoms with E-state index in [2.05, 4.69) is 20.3 Å². The quantitative estimate of drug-likeness (QED) is 0.478. The van der Waals surface area contributed by atoms with Gasteiger partial charge >= 0.3 is 0 Å². The Kier molecular flexibility index (Phi) is 4.51. The van der Waals surface area contributed by atoms with E-state index in [0.29, 0.717) is 18.5 Å². The maximum absolute atomic E-state index is 13.0. The van der Waals surface area contributed by atoms with Gasteiger partial charge in [-0.1, -0.05) is 12.1 Å². The van der Waals surface area contributed by atoms with Crippen LogP contribution in [0.1, 0.15) is 28.8 Å². The number of nitrogens with one attached hydrogen (secondary N) is 1. The average molecular weight is 452 g/mol. The van der Waals surface area contributed by atoms with Gasteiger partial charge in [0.25, 0.3) is 5.91 Å². The summed E-state index contributed by atoms with van der Waals surface area (Å²) in [5, 5.41) is 2.34. The Hall–Kier alpha value is -4.40. The molecule has 9 nitrogen and oxygen atoms in total. The highest BCUT2D eigenvalue weighted by Gasteiger charge is 2.39. The van der Waals surface area contributed by atoms with Gasteiger partial charge in [-0.3, -0.25) is 29.7 Å². The van der Waals surface area contributed by atoms with Gasteiger partial charge in [0.15, 0.2) is 0 Å². The Morgan fingerprint density at radius 3 is 2.56 bits per heavy atom. The molecule has 1 fully saturated rings. The van der Waals surface area contributed by atoms with Gasteiger partial charge in [0.05, 0.1) is 28.7 Å². The van der Waals surface area contributed by atoms with Crippen LogP contribution in [0.4, 0.5) is 0 Å². The summed E-state index contributed by atoms with van der Waals surface area (Å²) in [6.45, 7) is 0.321. The van der Waals surface area contributed by atoms with Crippen molar-refractivity contribution in [2.24, 2.45) is 7.05 Å². The zero-order valence-corrected chi connectivity index (χ0v) is 18.4. The Labute approximate surface area is 194 Å². The van der Waals surface area contributed by atoms with E-state index in [1.54, 1.807) is 29.7 Å². The summed E-state index contributed by atoms with van der Waals surface area (Å²) in [6, 6.07) is 10.9. The highest BCUT2D eigenvalue weighted by Crippen LogP contribution is 2.35. The molecule has 0 radical (unpaired) electrons. The summed E-state index contributed by atoms with van der Waals surface area (Å²) < 4.78 is 1.96. The molecule has 0 bridgehead atoms. The van der Waals surface area contributed by atoms with Crippen LogP contribution in [-0.2, 0) is 23.2 Å². The maximum Gasteiger partial charge on any atom is 0.255 e. The monoisotopic (exact) mass is 452 g/mol. The maximum atomic E-state index is 13.0. The second-order valence-electron chi connectivity index (χ2n) is 8.58. The van der Waals surface area contributed by atoms with E-state index in [0.717, 1.165) is 39.1 Å². The molecule has 1 unspecified atom stereocenters. The number of piperidine rings is 1. The van der Waals surface area contributed by atoms with E-state index in [1.807, 2.05) is 41.9 Å². The Morgan fingerprint density at radius 1 is 0.941 bits per heavy atom. The molecule has 168 valence electrons. The number of nitrogens with zero attached hydrogens (tertiary/aromatic N) is 5. The first-order valence-electron chi connectivity index (χ1n) is 11.0. The lowest BCUT2D eigenvalue weighted by atomic mass is 10.0. The predicted molar refractivity (Wildman–Crippen MR) is 123 cm³/mol. The number of hydrogen-bond acceptors (Lipinski definition) is 6. The molecular weight excluding hydrogens is 432 g/mol. The number of fused-ring (bicyclic) bond motifs is 2. The molecule has 0 spiro atoms. The Balaban J connectivity index is 1.36. The number of imidazole rings is 1. The van der Waals surface area contributed by atoms with E-state index >= 15 is 0 Å². The van der Waals surface area contributed by atoms with Crippen LogP contribution in [0.2, 0.25) is 0 Å². The number of benzene rings is 2. The molecule has 4 heterocycles. The molecule has 34 heavy (non-hydrogen) atoms. The third-order valence-corrected chi connectivity index (χ3v) is 6.48. The zero-order chi connectivity index (χ0) is 23.4. The second-order valence-corrected chi connectivity index (χ2v) is 8.58. The van der Waals surface area contributed by atoms with Crippen molar-refractivity contribution in [2.45, 2.75) is 25.4 Å². The molecular formula is C25H20N6O3. The highest BCUT2D eigenvalue weighted by molar-refractivity contribution is 6.05. The van der Waals surface area contributed by atoms with Crippen LogP contribution in [0.25, 0.3) is 33.5 Å². The van der Waals surface area contributed by atoms with Gasteiger partial charge in [0, 0.05) is 49.1 Å². The molecule has 0 aliphatic carbocycles. The van der Waals surface area contributed by atoms with Crippen LogP contribution in [0, 0.1) is 0 Å². The number of imide groups is 1. The molecule has 2 aliphatic rings. The largest absolute Gasteiger partial charge is 0.333 e. The van der Waals surface area contributed by atoms with E-state index in [9.17, 15) is 14.4 Å². The number of carbonyl (C=O) groups excluding carboxylic acids is 3. The van der Waals surface area contributed by atoms with Gasteiger partial charge in [-0.15, -0.1) is 0 Å². The SMILES string of the molecule is Cn1cnc(-c2ccc3c(c2)CN(C2CCC(=O)NC2=O)C3=O)c1-c1ccc2nccnc2c1. The first kappa shape index (κ1) is 20.2. The molecule has 1 saturated heterocycles. The zero-order valence-electron chi connectivity index (χ0n) is 18.4. The van der Waals surface area contributed by atoms with Crippen molar-refractivity contribution in [3.63, 3.8) is 0 Å². The van der Waals surface area contributed by atoms with Crippen LogP contribution < -0.4 is 5.32 Å². The van der Waals surface area contributed by atoms with Crippen molar-refractivity contribution in [2.75, 3.05) is 0 Å². The summed E-state index contributed by atoms with van der Waals surface area (Å²) in [5.41, 5.74) is 6.60. The number of aromatic nitrogens is 4. The lowest BCUT2D eigenvalue weighted by Crippen LogP contribution is -2.52. The molecule has 2 aromatic carbocycles. The Morgan fingerprint density at radius 2 is 1.74 bits per heavy atom. The van der Waals surface area contributed by atoms with Crippen molar-refractivity contribution in [3.05, 3.63) is 66.2 Å². The second kappa shape index (κ2) is 7.58. The van der Waals surface area contributed by atoms with Crippen LogP contribution in [-0.4, -0.2) is 48.2 Å². The van der Waals surface area contributed by atoms with E-state index in [1.165, 1.54) is 0 Å². The minimum atomic E-state index is -0.634. The van der Waals surface area contributed by atoms with Gasteiger partial charge in [0.1, 0.15) is 6.04 Å². The predicted octanol–water partition coefficient (Wildman–Crippen LogP) is 2.46. The normalized spacial score (nSPS) is 17.9. The number of aryl methyl sites for hydroxylation is 1. The van der Waals surface area contributed by atoms with Crippen LogP contribution >= 0.6 is 0 Å². The first-order valence-corrected chi connectivity index (χ1v) is 11.0. The molecule has 1 N–H and O–H groups in total. The number of carbonyl (C=O) groups is 3. The Bertz CT molecular complexity index is 1510. The molecule has 9 heteroatoms. The van der Waals surface area contributed by atoms with E-state index in [4.69, 9.17) is 0 Å². The third-order valence-electron chi connectivity index (χ3n) is 6.48. The van der Waals surface area contributed by atoms with Gasteiger partial charge < -0.3 is 9.47 Å². The molecule has 2 aromatic heterocycles. The average Bonchev–Trinajstić information content (AvgIpc) is 3.38. The minimum absolute atomic E-state index is 0.189. The molecule has 6 rings (SSSR count). The summed E-state index contributed by atoms with van der Waals surface area (Å²) in [4.78, 5) is 51.8. The fourth-order valence-corrected chi connectivity index (χ4v) is 4.81. The highest BCUT2D eigenvalue weighted by atomic mass is 16.2. The van der Waals surface area contributed by atoms with Gasteiger partial charge in [-0.2, -0.15) is 0 Å². The lowest BCUT2D eigenvalue weighted by Gasteiger charge is -2.29. The molecule has 2 aliphatic heterocycles. The van der Waals surface area contributed by atoms with Gasteiger partial charge in [-0.25, -0.2) is 4.98 Å². The summed E-state index contributed by atoms with van der Waals surface area (Å²) >= 11 is 0. The van der Waals surface area contributed by atoms with Crippen molar-refractivity contribution in [3.8, 4) is 22.5 Å². The molecule has 1 atom stereocenters. The number of rotatable bonds is 3. The van der Waals surface area contributed by atoms with Crippen molar-refractivity contribution >= 4 is 28.8 Å². The number of hydrogen-bond donors (Lipinski definition) is 1. The minimum Gasteiger partial charge on any atom is -0.333 e. The summed E-state index contributed by atoms with van der Waals surface area (Å²) in [7, 11) is 1.94. The standard InChI is InChI=1S/C25H20N6O3/c1-30-13-28-22(23(30)15-3-5-18-19(11-15)27-9-8-26-18)14-2-4-17-16(10-14)12-31(25(17)34)20-6-7-21(32)29-24(20)33/h2-5,8-11,13,20H,6-7,12H2,1H3,(H,29,32,33). The smallest absolute Gasteiger partial charge is 0.255 e. The third kappa shape index (κ3) is 3.16. The van der Waals surface area contributed by atoms with E-state index < -0.39 is 11.9 Å². The van der Waals surface area contributed by atoms with Crippen molar-refractivity contribution in [1.82, 2.24) is 29.7 Å². The van der Waals surface area contributed by atoms with Crippen molar-refractivity contribution in [1.29, 1.82) is 0 Å². The molecule has 3 amide bonds. The van der Waals surface area contributed by atoms with Crippen LogP contribution in [0.3, 0.4) is 0 Å². The molecule has 4 aromatic rings. The van der Waals surface area contributed by atoms with Crippen LogP contribution in [0.5, 0.6) is 0 Å². The van der Waals surface area contributed by atoms with Crippen LogP contribution in [0.15, 0.2) is 55.1 Å². The lowest BCUT2D eigenvalue weighted by molar-refractivity contribution is -0.136. The van der Waals surface area contributed by atoms with Crippen molar-refractivity contribution < 1.29 is 14.4 Å². The fraction of sp³-hybridized carbons (Fsp3) is 0.200. The summed E-state index contributed by atoms with van der Waals surface area (Å²) in [5.74, 6) is -0.899. The van der Waals surface area contributed by atoms with Gasteiger partial charge in [-0.05, 0) is 36.2 Å². The first-order chi connectivity index (χ1) is 16.5. The molecule has 0 saturated carbocycles. The topological polar surface area (TPSA) is 110 Å². The van der Waals surface area contributed by atoms with Gasteiger partial charge in [0.2, 0.25) is 11.8 Å². The number of amides is 3.